The number of halogens is 1. The third-order valence-electron chi connectivity index (χ3n) is 2.35. The molecule has 0 radical (unpaired) electrons. The van der Waals surface area contributed by atoms with Crippen molar-refractivity contribution in [3.8, 4) is 5.75 Å². The molecule has 4 nitrogen and oxygen atoms in total. The zero-order valence-electron chi connectivity index (χ0n) is 10.2. The summed E-state index contributed by atoms with van der Waals surface area (Å²) in [5, 5.41) is 10.1. The maximum absolute atomic E-state index is 11.6. The van der Waals surface area contributed by atoms with Crippen LogP contribution in [0.2, 0.25) is 0 Å². The summed E-state index contributed by atoms with van der Waals surface area (Å²) in [6.07, 6.45) is -0.994. The standard InChI is InChI=1S/C13H15IO4/c1-3-18-13(16)11(8-14)12(15)9-4-6-10(17-2)7-5-9/h4-8,12,15H,3H2,1-2H3/b11-8-. The van der Waals surface area contributed by atoms with Gasteiger partial charge in [-0.1, -0.05) is 34.7 Å². The fourth-order valence-corrected chi connectivity index (χ4v) is 1.99. The Bertz CT molecular complexity index is 425. The number of methoxy groups -OCH3 is 1. The topological polar surface area (TPSA) is 55.8 Å². The highest BCUT2D eigenvalue weighted by molar-refractivity contribution is 14.1. The molecule has 0 aliphatic rings. The van der Waals surface area contributed by atoms with Gasteiger partial charge in [0, 0.05) is 0 Å². The molecular formula is C13H15IO4. The number of carbonyl (C=O) groups excluding carboxylic acids is 1. The third kappa shape index (κ3) is 3.71. The van der Waals surface area contributed by atoms with E-state index in [1.807, 2.05) is 22.6 Å². The fourth-order valence-electron chi connectivity index (χ4n) is 1.40. The van der Waals surface area contributed by atoms with Crippen LogP contribution in [0.15, 0.2) is 33.9 Å². The summed E-state index contributed by atoms with van der Waals surface area (Å²) < 4.78 is 11.5. The van der Waals surface area contributed by atoms with Gasteiger partial charge in [-0.2, -0.15) is 0 Å². The van der Waals surface area contributed by atoms with E-state index in [1.54, 1.807) is 38.3 Å². The summed E-state index contributed by atoms with van der Waals surface area (Å²) in [6.45, 7) is 2.00. The van der Waals surface area contributed by atoms with Gasteiger partial charge < -0.3 is 14.6 Å². The second-order valence-electron chi connectivity index (χ2n) is 3.46. The van der Waals surface area contributed by atoms with Crippen LogP contribution in [0.5, 0.6) is 5.75 Å². The Morgan fingerprint density at radius 3 is 2.50 bits per heavy atom. The zero-order valence-corrected chi connectivity index (χ0v) is 12.4. The molecule has 0 amide bonds. The minimum Gasteiger partial charge on any atom is -0.497 e. The van der Waals surface area contributed by atoms with Crippen molar-refractivity contribution in [1.29, 1.82) is 0 Å². The summed E-state index contributed by atoms with van der Waals surface area (Å²) in [5.41, 5.74) is 0.842. The van der Waals surface area contributed by atoms with E-state index in [9.17, 15) is 9.90 Å². The third-order valence-corrected chi connectivity index (χ3v) is 3.03. The molecular weight excluding hydrogens is 347 g/mol. The Morgan fingerprint density at radius 2 is 2.06 bits per heavy atom. The first-order valence-corrected chi connectivity index (χ1v) is 6.68. The minimum atomic E-state index is -0.994. The summed E-state index contributed by atoms with van der Waals surface area (Å²) in [6, 6.07) is 6.88. The molecule has 0 bridgehead atoms. The number of hydrogen-bond donors (Lipinski definition) is 1. The molecule has 0 aliphatic carbocycles. The molecule has 0 aromatic heterocycles. The van der Waals surface area contributed by atoms with Gasteiger partial charge in [-0.15, -0.1) is 0 Å². The molecule has 1 aromatic carbocycles. The van der Waals surface area contributed by atoms with E-state index in [0.29, 0.717) is 11.3 Å². The molecule has 0 fully saturated rings. The van der Waals surface area contributed by atoms with Gasteiger partial charge >= 0.3 is 5.97 Å². The molecule has 1 rings (SSSR count). The van der Waals surface area contributed by atoms with Gasteiger partial charge in [0.1, 0.15) is 11.9 Å². The molecule has 98 valence electrons. The van der Waals surface area contributed by atoms with Gasteiger partial charge in [-0.05, 0) is 28.7 Å². The van der Waals surface area contributed by atoms with Crippen molar-refractivity contribution in [2.75, 3.05) is 13.7 Å². The summed E-state index contributed by atoms with van der Waals surface area (Å²) >= 11 is 1.91. The molecule has 1 aromatic rings. The molecule has 0 heterocycles. The van der Waals surface area contributed by atoms with Crippen LogP contribution in [0.1, 0.15) is 18.6 Å². The second kappa shape index (κ2) is 7.38. The predicted molar refractivity (Wildman–Crippen MR) is 76.7 cm³/mol. The van der Waals surface area contributed by atoms with Gasteiger partial charge in [0.25, 0.3) is 0 Å². The number of esters is 1. The van der Waals surface area contributed by atoms with E-state index in [2.05, 4.69) is 0 Å². The monoisotopic (exact) mass is 362 g/mol. The first-order valence-electron chi connectivity index (χ1n) is 5.43. The zero-order chi connectivity index (χ0) is 13.5. The van der Waals surface area contributed by atoms with E-state index in [1.165, 1.54) is 4.08 Å². The second-order valence-corrected chi connectivity index (χ2v) is 4.08. The van der Waals surface area contributed by atoms with Crippen LogP contribution in [-0.4, -0.2) is 24.8 Å². The molecule has 0 aliphatic heterocycles. The Balaban J connectivity index is 2.89. The first kappa shape index (κ1) is 15.0. The number of hydrogen-bond acceptors (Lipinski definition) is 4. The lowest BCUT2D eigenvalue weighted by atomic mass is 10.0. The van der Waals surface area contributed by atoms with Crippen molar-refractivity contribution in [2.45, 2.75) is 13.0 Å². The minimum absolute atomic E-state index is 0.225. The molecule has 5 heteroatoms. The van der Waals surface area contributed by atoms with E-state index >= 15 is 0 Å². The van der Waals surface area contributed by atoms with Crippen molar-refractivity contribution in [1.82, 2.24) is 0 Å². The predicted octanol–water partition coefficient (Wildman–Crippen LogP) is 2.61. The SMILES string of the molecule is CCOC(=O)/C(=C\I)C(O)c1ccc(OC)cc1. The van der Waals surface area contributed by atoms with Crippen molar-refractivity contribution >= 4 is 28.6 Å². The molecule has 1 N–H and O–H groups in total. The van der Waals surface area contributed by atoms with Crippen LogP contribution in [-0.2, 0) is 9.53 Å². The Morgan fingerprint density at radius 1 is 1.44 bits per heavy atom. The highest BCUT2D eigenvalue weighted by Crippen LogP contribution is 2.25. The number of benzene rings is 1. The fraction of sp³-hybridized carbons (Fsp3) is 0.308. The van der Waals surface area contributed by atoms with Crippen LogP contribution < -0.4 is 4.74 Å². The molecule has 0 saturated heterocycles. The Labute approximate surface area is 120 Å². The van der Waals surface area contributed by atoms with Gasteiger partial charge in [-0.25, -0.2) is 4.79 Å². The summed E-state index contributed by atoms with van der Waals surface area (Å²) in [7, 11) is 1.57. The number of carbonyl (C=O) groups is 1. The van der Waals surface area contributed by atoms with Crippen LogP contribution in [0, 0.1) is 0 Å². The highest BCUT2D eigenvalue weighted by Gasteiger charge is 2.21. The quantitative estimate of drug-likeness (QED) is 0.497. The van der Waals surface area contributed by atoms with E-state index in [4.69, 9.17) is 9.47 Å². The average Bonchev–Trinajstić information content (AvgIpc) is 2.40. The summed E-state index contributed by atoms with van der Waals surface area (Å²) in [5.74, 6) is 0.192. The van der Waals surface area contributed by atoms with Gasteiger partial charge in [0.2, 0.25) is 0 Å². The average molecular weight is 362 g/mol. The highest BCUT2D eigenvalue weighted by atomic mass is 127. The molecule has 18 heavy (non-hydrogen) atoms. The smallest absolute Gasteiger partial charge is 0.337 e. The van der Waals surface area contributed by atoms with E-state index in [0.717, 1.165) is 0 Å². The molecule has 1 unspecified atom stereocenters. The van der Waals surface area contributed by atoms with E-state index < -0.39 is 12.1 Å². The van der Waals surface area contributed by atoms with Crippen LogP contribution in [0.25, 0.3) is 0 Å². The molecule has 1 atom stereocenters. The van der Waals surface area contributed by atoms with Crippen molar-refractivity contribution < 1.29 is 19.4 Å². The van der Waals surface area contributed by atoms with Gasteiger partial charge in [0.05, 0.1) is 19.3 Å². The molecule has 0 saturated carbocycles. The maximum Gasteiger partial charge on any atom is 0.337 e. The molecule has 0 spiro atoms. The van der Waals surface area contributed by atoms with Crippen molar-refractivity contribution in [3.05, 3.63) is 39.5 Å². The van der Waals surface area contributed by atoms with E-state index in [-0.39, 0.29) is 12.2 Å². The first-order chi connectivity index (χ1) is 8.63. The van der Waals surface area contributed by atoms with Crippen molar-refractivity contribution in [3.63, 3.8) is 0 Å². The lowest BCUT2D eigenvalue weighted by molar-refractivity contribution is -0.139. The largest absolute Gasteiger partial charge is 0.497 e. The van der Waals surface area contributed by atoms with Crippen molar-refractivity contribution in [2.24, 2.45) is 0 Å². The van der Waals surface area contributed by atoms with Crippen LogP contribution >= 0.6 is 22.6 Å². The number of aliphatic hydroxyl groups is 1. The number of rotatable bonds is 5. The Kier molecular flexibility index (Phi) is 6.14. The number of aliphatic hydroxyl groups excluding tert-OH is 1. The lowest BCUT2D eigenvalue weighted by Gasteiger charge is -2.14. The Hall–Kier alpha value is -1.08. The van der Waals surface area contributed by atoms with Crippen LogP contribution in [0.3, 0.4) is 0 Å². The van der Waals surface area contributed by atoms with Gasteiger partial charge in [0.15, 0.2) is 0 Å². The maximum atomic E-state index is 11.6. The van der Waals surface area contributed by atoms with Crippen LogP contribution in [0.4, 0.5) is 0 Å². The normalized spacial score (nSPS) is 13.0. The lowest BCUT2D eigenvalue weighted by Crippen LogP contribution is -2.14. The number of ether oxygens (including phenoxy) is 2. The van der Waals surface area contributed by atoms with Gasteiger partial charge in [-0.3, -0.25) is 0 Å². The summed E-state index contributed by atoms with van der Waals surface area (Å²) in [4.78, 5) is 11.6.